The maximum Gasteiger partial charge on any atom is 0.205 e. The van der Waals surface area contributed by atoms with Crippen molar-refractivity contribution in [3.63, 3.8) is 0 Å². The number of H-pyrrole nitrogens is 1. The van der Waals surface area contributed by atoms with Gasteiger partial charge in [-0.25, -0.2) is 9.97 Å². The molecule has 7 nitrogen and oxygen atoms in total. The molecule has 2 aromatic rings. The van der Waals surface area contributed by atoms with Crippen molar-refractivity contribution < 1.29 is 4.74 Å². The van der Waals surface area contributed by atoms with E-state index in [0.29, 0.717) is 0 Å². The van der Waals surface area contributed by atoms with Gasteiger partial charge in [0.2, 0.25) is 5.13 Å². The van der Waals surface area contributed by atoms with Crippen LogP contribution in [0.4, 0.5) is 5.13 Å². The summed E-state index contributed by atoms with van der Waals surface area (Å²) >= 11 is 1.44. The fourth-order valence-electron chi connectivity index (χ4n) is 2.67. The van der Waals surface area contributed by atoms with Crippen LogP contribution in [-0.4, -0.2) is 50.8 Å². The largest absolute Gasteiger partial charge is 0.376 e. The van der Waals surface area contributed by atoms with E-state index in [1.807, 2.05) is 14.0 Å². The molecule has 1 N–H and O–H groups in total. The average molecular weight is 336 g/mol. The molecule has 0 aliphatic carbocycles. The number of ether oxygens (including phenoxy) is 1. The van der Waals surface area contributed by atoms with Crippen LogP contribution in [0.5, 0.6) is 0 Å². The summed E-state index contributed by atoms with van der Waals surface area (Å²) in [6.07, 6.45) is 1.04. The summed E-state index contributed by atoms with van der Waals surface area (Å²) in [5, 5.41) is 8.15. The molecule has 1 aliphatic heterocycles. The standard InChI is InChI=1S/C15H24N6OS/c1-9-16-12(19-18-9)10-6-7-22-11(10)8-21(5)14-17-13(20-23-14)15(2,3)4/h10-11H,6-8H2,1-5H3,(H,16,18,19)/t10-,11-/m0/s1. The molecule has 2 atom stereocenters. The first-order chi connectivity index (χ1) is 10.8. The lowest BCUT2D eigenvalue weighted by Crippen LogP contribution is -2.32. The minimum absolute atomic E-state index is 0.0293. The number of hydrogen-bond donors (Lipinski definition) is 1. The summed E-state index contributed by atoms with van der Waals surface area (Å²) < 4.78 is 10.4. The van der Waals surface area contributed by atoms with Crippen LogP contribution in [0.25, 0.3) is 0 Å². The summed E-state index contributed by atoms with van der Waals surface area (Å²) in [7, 11) is 2.04. The van der Waals surface area contributed by atoms with Gasteiger partial charge in [-0.15, -0.1) is 0 Å². The number of aromatic amines is 1. The van der Waals surface area contributed by atoms with E-state index >= 15 is 0 Å². The molecule has 0 saturated carbocycles. The highest BCUT2D eigenvalue weighted by Crippen LogP contribution is 2.31. The number of anilines is 1. The predicted octanol–water partition coefficient (Wildman–Crippen LogP) is 2.27. The molecule has 0 aromatic carbocycles. The summed E-state index contributed by atoms with van der Waals surface area (Å²) in [5.74, 6) is 2.82. The van der Waals surface area contributed by atoms with Gasteiger partial charge in [-0.3, -0.25) is 5.10 Å². The maximum absolute atomic E-state index is 5.92. The monoisotopic (exact) mass is 336 g/mol. The van der Waals surface area contributed by atoms with Crippen LogP contribution in [-0.2, 0) is 10.2 Å². The first kappa shape index (κ1) is 16.3. The lowest BCUT2D eigenvalue weighted by molar-refractivity contribution is 0.108. The van der Waals surface area contributed by atoms with Gasteiger partial charge >= 0.3 is 0 Å². The Kier molecular flexibility index (Phi) is 4.37. The van der Waals surface area contributed by atoms with E-state index < -0.39 is 0 Å². The predicted molar refractivity (Wildman–Crippen MR) is 90.1 cm³/mol. The van der Waals surface area contributed by atoms with Crippen molar-refractivity contribution in [2.24, 2.45) is 0 Å². The zero-order valence-corrected chi connectivity index (χ0v) is 15.1. The zero-order chi connectivity index (χ0) is 16.6. The molecule has 0 amide bonds. The van der Waals surface area contributed by atoms with E-state index in [1.165, 1.54) is 11.5 Å². The smallest absolute Gasteiger partial charge is 0.205 e. The topological polar surface area (TPSA) is 79.8 Å². The zero-order valence-electron chi connectivity index (χ0n) is 14.3. The van der Waals surface area contributed by atoms with Crippen molar-refractivity contribution in [1.82, 2.24) is 24.5 Å². The van der Waals surface area contributed by atoms with E-state index in [9.17, 15) is 0 Å². The van der Waals surface area contributed by atoms with Crippen molar-refractivity contribution in [3.05, 3.63) is 17.5 Å². The van der Waals surface area contributed by atoms with Crippen LogP contribution < -0.4 is 4.90 Å². The third-order valence-corrected chi connectivity index (χ3v) is 4.85. The SMILES string of the molecule is Cc1nc([C@H]2CCO[C@H]2CN(C)c2nc(C(C)(C)C)ns2)n[nH]1. The lowest BCUT2D eigenvalue weighted by Gasteiger charge is -2.23. The number of rotatable bonds is 4. The number of likely N-dealkylation sites (N-methyl/N-ethyl adjacent to an activating group) is 1. The van der Waals surface area contributed by atoms with Gasteiger partial charge in [-0.1, -0.05) is 20.8 Å². The number of nitrogens with one attached hydrogen (secondary N) is 1. The number of nitrogens with zero attached hydrogens (tertiary/aromatic N) is 5. The third-order valence-electron chi connectivity index (χ3n) is 4.02. The Bertz CT molecular complexity index is 661. The summed E-state index contributed by atoms with van der Waals surface area (Å²) in [6.45, 7) is 9.81. The molecule has 126 valence electrons. The van der Waals surface area contributed by atoms with Gasteiger partial charge in [-0.05, 0) is 13.3 Å². The molecule has 0 spiro atoms. The third kappa shape index (κ3) is 3.53. The highest BCUT2D eigenvalue weighted by Gasteiger charge is 2.34. The molecular formula is C15H24N6OS. The van der Waals surface area contributed by atoms with Crippen molar-refractivity contribution in [2.45, 2.75) is 51.6 Å². The van der Waals surface area contributed by atoms with Crippen LogP contribution >= 0.6 is 11.5 Å². The van der Waals surface area contributed by atoms with Crippen LogP contribution in [0.1, 0.15) is 50.6 Å². The first-order valence-corrected chi connectivity index (χ1v) is 8.68. The fraction of sp³-hybridized carbons (Fsp3) is 0.733. The van der Waals surface area contributed by atoms with E-state index in [2.05, 4.69) is 50.2 Å². The van der Waals surface area contributed by atoms with Gasteiger partial charge in [0.05, 0.1) is 12.0 Å². The second-order valence-electron chi connectivity index (χ2n) is 7.11. The van der Waals surface area contributed by atoms with Crippen LogP contribution in [0.2, 0.25) is 0 Å². The molecule has 1 aliphatic rings. The first-order valence-electron chi connectivity index (χ1n) is 7.90. The van der Waals surface area contributed by atoms with Gasteiger partial charge in [0.25, 0.3) is 0 Å². The van der Waals surface area contributed by atoms with Crippen molar-refractivity contribution in [3.8, 4) is 0 Å². The Morgan fingerprint density at radius 3 is 2.74 bits per heavy atom. The van der Waals surface area contributed by atoms with Crippen molar-refractivity contribution in [2.75, 3.05) is 25.1 Å². The number of aromatic nitrogens is 5. The van der Waals surface area contributed by atoms with E-state index in [4.69, 9.17) is 4.74 Å². The van der Waals surface area contributed by atoms with E-state index in [0.717, 1.165) is 42.2 Å². The normalized spacial score (nSPS) is 21.8. The Balaban J connectivity index is 1.69. The summed E-state index contributed by atoms with van der Waals surface area (Å²) in [5.41, 5.74) is -0.0293. The van der Waals surface area contributed by atoms with Crippen LogP contribution in [0.15, 0.2) is 0 Å². The molecule has 8 heteroatoms. The van der Waals surface area contributed by atoms with E-state index in [1.54, 1.807) is 0 Å². The quantitative estimate of drug-likeness (QED) is 0.922. The Morgan fingerprint density at radius 1 is 1.35 bits per heavy atom. The van der Waals surface area contributed by atoms with Gasteiger partial charge in [-0.2, -0.15) is 9.47 Å². The molecule has 23 heavy (non-hydrogen) atoms. The number of hydrogen-bond acceptors (Lipinski definition) is 7. The van der Waals surface area contributed by atoms with Gasteiger partial charge < -0.3 is 9.64 Å². The molecule has 2 aromatic heterocycles. The second-order valence-corrected chi connectivity index (χ2v) is 7.84. The Hall–Kier alpha value is -1.54. The molecule has 0 bridgehead atoms. The van der Waals surface area contributed by atoms with Crippen molar-refractivity contribution in [1.29, 1.82) is 0 Å². The van der Waals surface area contributed by atoms with Crippen molar-refractivity contribution >= 4 is 16.7 Å². The minimum atomic E-state index is -0.0293. The van der Waals surface area contributed by atoms with Gasteiger partial charge in [0.15, 0.2) is 5.82 Å². The Labute approximate surface area is 140 Å². The highest BCUT2D eigenvalue weighted by molar-refractivity contribution is 7.09. The van der Waals surface area contributed by atoms with Gasteiger partial charge in [0, 0.05) is 37.1 Å². The molecule has 3 rings (SSSR count). The lowest BCUT2D eigenvalue weighted by atomic mass is 9.96. The molecule has 1 saturated heterocycles. The molecular weight excluding hydrogens is 312 g/mol. The molecule has 1 fully saturated rings. The maximum atomic E-state index is 5.92. The summed E-state index contributed by atoms with van der Waals surface area (Å²) in [4.78, 5) is 11.3. The molecule has 3 heterocycles. The average Bonchev–Trinajstić information content (AvgIpc) is 3.16. The highest BCUT2D eigenvalue weighted by atomic mass is 32.1. The molecule has 0 radical (unpaired) electrons. The fourth-order valence-corrected chi connectivity index (χ4v) is 3.50. The minimum Gasteiger partial charge on any atom is -0.376 e. The second kappa shape index (κ2) is 6.16. The van der Waals surface area contributed by atoms with Crippen LogP contribution in [0.3, 0.4) is 0 Å². The summed E-state index contributed by atoms with van der Waals surface area (Å²) in [6, 6.07) is 0. The van der Waals surface area contributed by atoms with Crippen LogP contribution in [0, 0.1) is 6.92 Å². The van der Waals surface area contributed by atoms with Gasteiger partial charge in [0.1, 0.15) is 11.6 Å². The molecule has 0 unspecified atom stereocenters. The number of aryl methyl sites for hydroxylation is 1. The Morgan fingerprint density at radius 2 is 2.13 bits per heavy atom. The van der Waals surface area contributed by atoms with E-state index in [-0.39, 0.29) is 17.4 Å².